The van der Waals surface area contributed by atoms with Crippen LogP contribution in [-0.4, -0.2) is 26.8 Å². The second kappa shape index (κ2) is 10.0. The number of rotatable bonds is 4. The first-order valence-electron chi connectivity index (χ1n) is 5.63. The maximum Gasteiger partial charge on any atom is 0.0462 e. The largest absolute Gasteiger partial charge is 0.385 e. The molecule has 0 radical (unpaired) electrons. The van der Waals surface area contributed by atoms with E-state index in [1.807, 2.05) is 13.8 Å². The van der Waals surface area contributed by atoms with Crippen LogP contribution in [0, 0.1) is 5.92 Å². The van der Waals surface area contributed by atoms with Gasteiger partial charge in [0.2, 0.25) is 0 Å². The third-order valence-electron chi connectivity index (χ3n) is 2.36. The molecule has 1 aliphatic heterocycles. The molecule has 0 saturated carbocycles. The van der Waals surface area contributed by atoms with Gasteiger partial charge in [0.15, 0.2) is 0 Å². The molecule has 1 aliphatic rings. The second-order valence-corrected chi connectivity index (χ2v) is 3.35. The molecule has 0 aromatic heterocycles. The highest BCUT2D eigenvalue weighted by Gasteiger charge is 2.11. The van der Waals surface area contributed by atoms with Crippen LogP contribution in [0.1, 0.15) is 39.5 Å². The molecule has 1 N–H and O–H groups in total. The lowest BCUT2D eigenvalue weighted by atomic mass is 9.95. The van der Waals surface area contributed by atoms with Gasteiger partial charge in [0, 0.05) is 13.7 Å². The van der Waals surface area contributed by atoms with Crippen molar-refractivity contribution in [2.75, 3.05) is 26.8 Å². The minimum Gasteiger partial charge on any atom is -0.385 e. The predicted molar refractivity (Wildman–Crippen MR) is 58.1 cm³/mol. The SMILES string of the molecule is CC.COCCCC1CCCNC1. The summed E-state index contributed by atoms with van der Waals surface area (Å²) >= 11 is 0. The Bertz CT molecular complexity index is 90.1. The zero-order chi connectivity index (χ0) is 9.94. The van der Waals surface area contributed by atoms with E-state index in [1.165, 1.54) is 38.8 Å². The van der Waals surface area contributed by atoms with Crippen LogP contribution >= 0.6 is 0 Å². The standard InChI is InChI=1S/C9H19NO.C2H6/c1-11-7-3-5-9-4-2-6-10-8-9;1-2/h9-10H,2-8H2,1H3;1-2H3. The van der Waals surface area contributed by atoms with Gasteiger partial charge in [-0.1, -0.05) is 13.8 Å². The third-order valence-corrected chi connectivity index (χ3v) is 2.36. The summed E-state index contributed by atoms with van der Waals surface area (Å²) in [6.07, 6.45) is 5.33. The molecule has 1 rings (SSSR count). The Kier molecular flexibility index (Phi) is 9.94. The smallest absolute Gasteiger partial charge is 0.0462 e. The fourth-order valence-corrected chi connectivity index (χ4v) is 1.69. The lowest BCUT2D eigenvalue weighted by Gasteiger charge is -2.22. The second-order valence-electron chi connectivity index (χ2n) is 3.35. The topological polar surface area (TPSA) is 21.3 Å². The van der Waals surface area contributed by atoms with Crippen LogP contribution in [0.4, 0.5) is 0 Å². The minimum atomic E-state index is 0.916. The van der Waals surface area contributed by atoms with Gasteiger partial charge in [0.25, 0.3) is 0 Å². The number of piperidine rings is 1. The molecule has 13 heavy (non-hydrogen) atoms. The van der Waals surface area contributed by atoms with Crippen molar-refractivity contribution in [1.29, 1.82) is 0 Å². The van der Waals surface area contributed by atoms with Gasteiger partial charge in [-0.2, -0.15) is 0 Å². The number of hydrogen-bond donors (Lipinski definition) is 1. The average Bonchev–Trinajstić information content (AvgIpc) is 2.23. The third kappa shape index (κ3) is 7.03. The Hall–Kier alpha value is -0.0800. The van der Waals surface area contributed by atoms with E-state index in [1.54, 1.807) is 7.11 Å². The van der Waals surface area contributed by atoms with E-state index in [0.29, 0.717) is 0 Å². The van der Waals surface area contributed by atoms with Crippen molar-refractivity contribution in [3.05, 3.63) is 0 Å². The van der Waals surface area contributed by atoms with E-state index in [2.05, 4.69) is 5.32 Å². The fourth-order valence-electron chi connectivity index (χ4n) is 1.69. The number of nitrogens with one attached hydrogen (secondary N) is 1. The van der Waals surface area contributed by atoms with Crippen molar-refractivity contribution < 1.29 is 4.74 Å². The summed E-state index contributed by atoms with van der Waals surface area (Å²) in [5.41, 5.74) is 0. The van der Waals surface area contributed by atoms with Gasteiger partial charge in [0.1, 0.15) is 0 Å². The predicted octanol–water partition coefficient (Wildman–Crippen LogP) is 2.44. The molecule has 1 fully saturated rings. The van der Waals surface area contributed by atoms with Crippen molar-refractivity contribution >= 4 is 0 Å². The molecular weight excluding hydrogens is 162 g/mol. The minimum absolute atomic E-state index is 0.916. The summed E-state index contributed by atoms with van der Waals surface area (Å²) in [5, 5.41) is 3.42. The van der Waals surface area contributed by atoms with E-state index in [9.17, 15) is 0 Å². The van der Waals surface area contributed by atoms with Crippen molar-refractivity contribution in [2.24, 2.45) is 5.92 Å². The van der Waals surface area contributed by atoms with Crippen LogP contribution in [0.5, 0.6) is 0 Å². The first-order valence-corrected chi connectivity index (χ1v) is 5.63. The van der Waals surface area contributed by atoms with Gasteiger partial charge in [-0.15, -0.1) is 0 Å². The Morgan fingerprint density at radius 2 is 2.15 bits per heavy atom. The molecule has 0 aliphatic carbocycles. The molecule has 80 valence electrons. The van der Waals surface area contributed by atoms with Crippen molar-refractivity contribution in [3.63, 3.8) is 0 Å². The Morgan fingerprint density at radius 3 is 2.69 bits per heavy atom. The average molecular weight is 187 g/mol. The van der Waals surface area contributed by atoms with Crippen LogP contribution in [0.2, 0.25) is 0 Å². The maximum atomic E-state index is 5.01. The number of hydrogen-bond acceptors (Lipinski definition) is 2. The van der Waals surface area contributed by atoms with Crippen LogP contribution in [0.3, 0.4) is 0 Å². The molecular formula is C11H25NO. The highest BCUT2D eigenvalue weighted by Crippen LogP contribution is 2.15. The summed E-state index contributed by atoms with van der Waals surface area (Å²) in [6, 6.07) is 0. The molecule has 1 saturated heterocycles. The molecule has 2 nitrogen and oxygen atoms in total. The quantitative estimate of drug-likeness (QED) is 0.683. The molecule has 0 bridgehead atoms. The summed E-state index contributed by atoms with van der Waals surface area (Å²) in [7, 11) is 1.78. The maximum absolute atomic E-state index is 5.01. The summed E-state index contributed by atoms with van der Waals surface area (Å²) in [6.45, 7) is 7.38. The fraction of sp³-hybridized carbons (Fsp3) is 1.00. The number of ether oxygens (including phenoxy) is 1. The van der Waals surface area contributed by atoms with Gasteiger partial charge in [-0.3, -0.25) is 0 Å². The van der Waals surface area contributed by atoms with Crippen molar-refractivity contribution in [1.82, 2.24) is 5.32 Å². The van der Waals surface area contributed by atoms with Crippen LogP contribution in [0.25, 0.3) is 0 Å². The van der Waals surface area contributed by atoms with Crippen molar-refractivity contribution in [3.8, 4) is 0 Å². The normalized spacial score (nSPS) is 21.9. The molecule has 0 spiro atoms. The highest BCUT2D eigenvalue weighted by atomic mass is 16.5. The Morgan fingerprint density at radius 1 is 1.38 bits per heavy atom. The summed E-state index contributed by atoms with van der Waals surface area (Å²) in [5.74, 6) is 0.916. The highest BCUT2D eigenvalue weighted by molar-refractivity contribution is 4.68. The van der Waals surface area contributed by atoms with Gasteiger partial charge in [0.05, 0.1) is 0 Å². The van der Waals surface area contributed by atoms with Gasteiger partial charge >= 0.3 is 0 Å². The Labute approximate surface area is 83.1 Å². The lowest BCUT2D eigenvalue weighted by molar-refractivity contribution is 0.183. The monoisotopic (exact) mass is 187 g/mol. The lowest BCUT2D eigenvalue weighted by Crippen LogP contribution is -2.29. The zero-order valence-electron chi connectivity index (χ0n) is 9.44. The van der Waals surface area contributed by atoms with Gasteiger partial charge in [-0.25, -0.2) is 0 Å². The molecule has 0 aromatic carbocycles. The first kappa shape index (κ1) is 12.9. The molecule has 1 heterocycles. The Balaban J connectivity index is 0.000000671. The number of methoxy groups -OCH3 is 1. The summed E-state index contributed by atoms with van der Waals surface area (Å²) in [4.78, 5) is 0. The zero-order valence-corrected chi connectivity index (χ0v) is 9.44. The van der Waals surface area contributed by atoms with Crippen LogP contribution < -0.4 is 5.32 Å². The molecule has 0 aromatic rings. The van der Waals surface area contributed by atoms with Gasteiger partial charge < -0.3 is 10.1 Å². The first-order chi connectivity index (χ1) is 6.43. The molecule has 0 amide bonds. The van der Waals surface area contributed by atoms with E-state index in [0.717, 1.165) is 12.5 Å². The van der Waals surface area contributed by atoms with E-state index in [-0.39, 0.29) is 0 Å². The van der Waals surface area contributed by atoms with Crippen LogP contribution in [-0.2, 0) is 4.74 Å². The molecule has 2 heteroatoms. The molecule has 1 atom stereocenters. The summed E-state index contributed by atoms with van der Waals surface area (Å²) < 4.78 is 5.01. The van der Waals surface area contributed by atoms with Crippen molar-refractivity contribution in [2.45, 2.75) is 39.5 Å². The van der Waals surface area contributed by atoms with E-state index >= 15 is 0 Å². The van der Waals surface area contributed by atoms with Crippen LogP contribution in [0.15, 0.2) is 0 Å². The van der Waals surface area contributed by atoms with E-state index in [4.69, 9.17) is 4.74 Å². The van der Waals surface area contributed by atoms with E-state index < -0.39 is 0 Å². The van der Waals surface area contributed by atoms with Gasteiger partial charge in [-0.05, 0) is 44.7 Å². The molecule has 1 unspecified atom stereocenters.